The normalized spacial score (nSPS) is 22.2. The van der Waals surface area contributed by atoms with Crippen LogP contribution in [0, 0.1) is 6.92 Å². The molecular weight excluding hydrogens is 440 g/mol. The molecular formula is C19H20N6O4S2. The van der Waals surface area contributed by atoms with Crippen molar-refractivity contribution < 1.29 is 18.8 Å². The second-order valence-corrected chi connectivity index (χ2v) is 8.96. The number of oxazole rings is 1. The van der Waals surface area contributed by atoms with E-state index in [1.807, 2.05) is 0 Å². The van der Waals surface area contributed by atoms with Crippen LogP contribution in [0.4, 0.5) is 0 Å². The van der Waals surface area contributed by atoms with Crippen molar-refractivity contribution in [3.63, 3.8) is 0 Å². The monoisotopic (exact) mass is 460 g/mol. The quantitative estimate of drug-likeness (QED) is 0.469. The molecule has 3 aromatic rings. The maximum Gasteiger partial charge on any atom is 0.274 e. The Labute approximate surface area is 185 Å². The standard InChI is InChI=1S/C19H20N6O4S2/c1-7-17-25-13(10(4)29-17)16(28)22-9(3)19-24-12(6-31-19)15(27)21-8(2)18-23-11(5-30-18)14(26)20-7/h5-9H,1-4H3,(H,20,26)(H,21,27)(H,22,28)/t7-,8+,9+/m1/s1. The fraction of sp³-hybridized carbons (Fsp3) is 0.368. The molecule has 3 amide bonds. The Kier molecular flexibility index (Phi) is 5.58. The van der Waals surface area contributed by atoms with Gasteiger partial charge in [0, 0.05) is 10.8 Å². The Morgan fingerprint density at radius 3 is 1.81 bits per heavy atom. The number of hydrogen-bond acceptors (Lipinski definition) is 9. The van der Waals surface area contributed by atoms with Crippen LogP contribution in [0.25, 0.3) is 0 Å². The van der Waals surface area contributed by atoms with Gasteiger partial charge in [-0.1, -0.05) is 0 Å². The first-order valence-electron chi connectivity index (χ1n) is 9.53. The summed E-state index contributed by atoms with van der Waals surface area (Å²) in [5.74, 6) is -0.644. The van der Waals surface area contributed by atoms with Crippen LogP contribution in [-0.2, 0) is 0 Å². The van der Waals surface area contributed by atoms with Gasteiger partial charge in [-0.05, 0) is 27.7 Å². The van der Waals surface area contributed by atoms with Crippen LogP contribution in [0.5, 0.6) is 0 Å². The van der Waals surface area contributed by atoms with Crippen molar-refractivity contribution in [1.82, 2.24) is 30.9 Å². The van der Waals surface area contributed by atoms with E-state index in [1.54, 1.807) is 38.5 Å². The minimum atomic E-state index is -0.576. The van der Waals surface area contributed by atoms with Gasteiger partial charge < -0.3 is 20.4 Å². The highest BCUT2D eigenvalue weighted by atomic mass is 32.1. The average molecular weight is 461 g/mol. The van der Waals surface area contributed by atoms with Crippen LogP contribution in [-0.4, -0.2) is 32.7 Å². The smallest absolute Gasteiger partial charge is 0.274 e. The van der Waals surface area contributed by atoms with Gasteiger partial charge in [0.15, 0.2) is 5.69 Å². The first-order chi connectivity index (χ1) is 14.7. The highest BCUT2D eigenvalue weighted by molar-refractivity contribution is 7.10. The highest BCUT2D eigenvalue weighted by Gasteiger charge is 2.26. The number of aromatic nitrogens is 3. The molecule has 0 saturated carbocycles. The third-order valence-electron chi connectivity index (χ3n) is 4.69. The van der Waals surface area contributed by atoms with Gasteiger partial charge in [-0.3, -0.25) is 14.4 Å². The molecule has 4 heterocycles. The highest BCUT2D eigenvalue weighted by Crippen LogP contribution is 2.23. The number of thiazole rings is 2. The van der Waals surface area contributed by atoms with Crippen LogP contribution in [0.15, 0.2) is 15.2 Å². The SMILES string of the molecule is Cc1oc2nc1C(=O)N[C@@H](C)c1nc(cs1)C(=O)N[C@@H](C)c1nc(cs1)C(=O)N[C@@H]2C. The Morgan fingerprint density at radius 1 is 0.774 bits per heavy atom. The number of aryl methyl sites for hydroxylation is 1. The summed E-state index contributed by atoms with van der Waals surface area (Å²) in [5.41, 5.74) is 0.598. The van der Waals surface area contributed by atoms with E-state index >= 15 is 0 Å². The third-order valence-corrected chi connectivity index (χ3v) is 6.75. The number of amides is 3. The van der Waals surface area contributed by atoms with Crippen LogP contribution in [0.1, 0.15) is 92.0 Å². The summed E-state index contributed by atoms with van der Waals surface area (Å²) in [4.78, 5) is 50.9. The van der Waals surface area contributed by atoms with E-state index in [9.17, 15) is 14.4 Å². The molecule has 0 spiro atoms. The molecule has 3 N–H and O–H groups in total. The number of nitrogens with one attached hydrogen (secondary N) is 3. The number of carbonyl (C=O) groups excluding carboxylic acids is 3. The largest absolute Gasteiger partial charge is 0.443 e. The van der Waals surface area contributed by atoms with Gasteiger partial charge in [-0.15, -0.1) is 22.7 Å². The molecule has 0 unspecified atom stereocenters. The molecule has 0 radical (unpaired) electrons. The van der Waals surface area contributed by atoms with E-state index in [-0.39, 0.29) is 28.9 Å². The lowest BCUT2D eigenvalue weighted by Crippen LogP contribution is -2.30. The van der Waals surface area contributed by atoms with E-state index < -0.39 is 29.9 Å². The van der Waals surface area contributed by atoms with Gasteiger partial charge in [0.1, 0.15) is 33.2 Å². The summed E-state index contributed by atoms with van der Waals surface area (Å²) >= 11 is 2.55. The maximum atomic E-state index is 12.7. The van der Waals surface area contributed by atoms with Crippen LogP contribution >= 0.6 is 22.7 Å². The van der Waals surface area contributed by atoms with Gasteiger partial charge in [0.2, 0.25) is 5.89 Å². The molecule has 3 aromatic heterocycles. The Hall–Kier alpha value is -3.12. The van der Waals surface area contributed by atoms with Crippen molar-refractivity contribution in [3.8, 4) is 0 Å². The lowest BCUT2D eigenvalue weighted by Gasteiger charge is -2.11. The Morgan fingerprint density at radius 2 is 1.26 bits per heavy atom. The van der Waals surface area contributed by atoms with Gasteiger partial charge in [-0.2, -0.15) is 0 Å². The molecule has 10 nitrogen and oxygen atoms in total. The van der Waals surface area contributed by atoms with Crippen molar-refractivity contribution >= 4 is 40.4 Å². The Balaban J connectivity index is 1.71. The van der Waals surface area contributed by atoms with Crippen molar-refractivity contribution in [1.29, 1.82) is 0 Å². The topological polar surface area (TPSA) is 139 Å². The molecule has 12 heteroatoms. The van der Waals surface area contributed by atoms with Gasteiger partial charge in [-0.25, -0.2) is 15.0 Å². The molecule has 1 aliphatic heterocycles. The molecule has 6 bridgehead atoms. The summed E-state index contributed by atoms with van der Waals surface area (Å²) in [6.45, 7) is 6.90. The van der Waals surface area contributed by atoms with E-state index in [4.69, 9.17) is 4.42 Å². The van der Waals surface area contributed by atoms with Crippen LogP contribution in [0.2, 0.25) is 0 Å². The van der Waals surface area contributed by atoms with Gasteiger partial charge in [0.25, 0.3) is 17.7 Å². The molecule has 1 aliphatic rings. The second-order valence-electron chi connectivity index (χ2n) is 7.18. The van der Waals surface area contributed by atoms with Gasteiger partial charge in [0.05, 0.1) is 12.1 Å². The number of hydrogen-bond donors (Lipinski definition) is 3. The minimum absolute atomic E-state index is 0.128. The van der Waals surface area contributed by atoms with Crippen molar-refractivity contribution in [2.45, 2.75) is 45.8 Å². The van der Waals surface area contributed by atoms with E-state index in [2.05, 4.69) is 30.9 Å². The van der Waals surface area contributed by atoms with Crippen LogP contribution in [0.3, 0.4) is 0 Å². The van der Waals surface area contributed by atoms with Crippen molar-refractivity contribution in [2.75, 3.05) is 0 Å². The number of fused-ring (bicyclic) bond motifs is 6. The first kappa shape index (κ1) is 21.1. The maximum absolute atomic E-state index is 12.7. The molecule has 0 aromatic carbocycles. The number of nitrogens with zero attached hydrogens (tertiary/aromatic N) is 3. The number of carbonyl (C=O) groups is 3. The predicted octanol–water partition coefficient (Wildman–Crippen LogP) is 2.68. The number of rotatable bonds is 0. The van der Waals surface area contributed by atoms with Crippen molar-refractivity contribution in [2.24, 2.45) is 0 Å². The summed E-state index contributed by atoms with van der Waals surface area (Å²) in [7, 11) is 0. The van der Waals surface area contributed by atoms with E-state index in [0.717, 1.165) is 0 Å². The molecule has 162 valence electrons. The fourth-order valence-corrected chi connectivity index (χ4v) is 4.60. The second kappa shape index (κ2) is 8.19. The summed E-state index contributed by atoms with van der Waals surface area (Å²) in [6, 6.07) is -1.42. The lowest BCUT2D eigenvalue weighted by atomic mass is 10.3. The fourth-order valence-electron chi connectivity index (χ4n) is 2.99. The zero-order valence-electron chi connectivity index (χ0n) is 17.2. The zero-order chi connectivity index (χ0) is 22.3. The average Bonchev–Trinajstić information content (AvgIpc) is 3.46. The molecule has 31 heavy (non-hydrogen) atoms. The van der Waals surface area contributed by atoms with Crippen LogP contribution < -0.4 is 16.0 Å². The minimum Gasteiger partial charge on any atom is -0.443 e. The summed E-state index contributed by atoms with van der Waals surface area (Å²) in [6.07, 6.45) is 0. The Bertz CT molecular complexity index is 1170. The molecule has 3 atom stereocenters. The summed E-state index contributed by atoms with van der Waals surface area (Å²) in [5, 5.41) is 12.9. The zero-order valence-corrected chi connectivity index (χ0v) is 18.8. The third kappa shape index (κ3) is 4.21. The predicted molar refractivity (Wildman–Crippen MR) is 113 cm³/mol. The molecule has 0 saturated heterocycles. The molecule has 0 aliphatic carbocycles. The van der Waals surface area contributed by atoms with Crippen molar-refractivity contribution in [3.05, 3.63) is 49.5 Å². The lowest BCUT2D eigenvalue weighted by molar-refractivity contribution is 0.0924. The van der Waals surface area contributed by atoms with E-state index in [1.165, 1.54) is 22.7 Å². The molecule has 0 fully saturated rings. The summed E-state index contributed by atoms with van der Waals surface area (Å²) < 4.78 is 5.62. The van der Waals surface area contributed by atoms with E-state index in [0.29, 0.717) is 15.8 Å². The first-order valence-corrected chi connectivity index (χ1v) is 11.3. The molecule has 4 rings (SSSR count). The van der Waals surface area contributed by atoms with Gasteiger partial charge >= 0.3 is 0 Å².